The molecule has 3 heteroatoms. The summed E-state index contributed by atoms with van der Waals surface area (Å²) in [6, 6.07) is 0. The summed E-state index contributed by atoms with van der Waals surface area (Å²) in [6.45, 7) is 0. The number of hydroxylamine groups is 1. The van der Waals surface area contributed by atoms with Gasteiger partial charge in [-0.05, 0) is 12.5 Å². The van der Waals surface area contributed by atoms with Gasteiger partial charge in [0.15, 0.2) is 0 Å². The molecule has 0 radical (unpaired) electrons. The molecule has 1 heterocycles. The summed E-state index contributed by atoms with van der Waals surface area (Å²) in [5.41, 5.74) is 2.66. The predicted octanol–water partition coefficient (Wildman–Crippen LogP) is 1.19. The third-order valence-electron chi connectivity index (χ3n) is 0.992. The Hall–Kier alpha value is -0.0200. The van der Waals surface area contributed by atoms with E-state index in [-0.39, 0.29) is 6.10 Å². The maximum atomic E-state index is 5.00. The first-order chi connectivity index (χ1) is 3.93. The molecular formula is C5H8BrNO. The van der Waals surface area contributed by atoms with Crippen LogP contribution in [-0.2, 0) is 4.84 Å². The Bertz CT molecular complexity index is 94.4. The van der Waals surface area contributed by atoms with Gasteiger partial charge in [-0.2, -0.15) is 0 Å². The number of hydrogen-bond acceptors (Lipinski definition) is 2. The fourth-order valence-electron chi connectivity index (χ4n) is 0.575. The van der Waals surface area contributed by atoms with Crippen LogP contribution in [0, 0.1) is 0 Å². The molecule has 0 spiro atoms. The van der Waals surface area contributed by atoms with Gasteiger partial charge in [0.2, 0.25) is 0 Å². The molecule has 8 heavy (non-hydrogen) atoms. The highest BCUT2D eigenvalue weighted by atomic mass is 79.9. The van der Waals surface area contributed by atoms with Crippen LogP contribution >= 0.6 is 15.9 Å². The van der Waals surface area contributed by atoms with E-state index in [0.717, 1.165) is 11.8 Å². The number of hydrogen-bond donors (Lipinski definition) is 1. The van der Waals surface area contributed by atoms with Gasteiger partial charge < -0.3 is 0 Å². The van der Waals surface area contributed by atoms with Gasteiger partial charge in [-0.25, -0.2) is 0 Å². The average molecular weight is 178 g/mol. The van der Waals surface area contributed by atoms with Crippen LogP contribution in [0.4, 0.5) is 0 Å². The molecule has 0 aromatic carbocycles. The normalized spacial score (nSPS) is 25.9. The van der Waals surface area contributed by atoms with E-state index < -0.39 is 0 Å². The quantitative estimate of drug-likeness (QED) is 0.641. The molecule has 1 unspecified atom stereocenters. The number of halogens is 1. The summed E-state index contributed by atoms with van der Waals surface area (Å²) in [5, 5.41) is 0.990. The fourth-order valence-corrected chi connectivity index (χ4v) is 1.03. The van der Waals surface area contributed by atoms with Gasteiger partial charge in [-0.3, -0.25) is 10.3 Å². The number of rotatable bonds is 2. The Balaban J connectivity index is 2.16. The molecule has 1 rings (SSSR count). The zero-order chi connectivity index (χ0) is 5.82. The third-order valence-corrected chi connectivity index (χ3v) is 1.45. The Labute approximate surface area is 57.0 Å². The first-order valence-electron chi connectivity index (χ1n) is 2.57. The lowest BCUT2D eigenvalue weighted by Gasteiger charge is -2.02. The zero-order valence-electron chi connectivity index (χ0n) is 4.43. The zero-order valence-corrected chi connectivity index (χ0v) is 6.02. The second kappa shape index (κ2) is 3.10. The second-order valence-corrected chi connectivity index (χ2v) is 2.40. The summed E-state index contributed by atoms with van der Waals surface area (Å²) in [4.78, 5) is 5.00. The maximum Gasteiger partial charge on any atom is 0.106 e. The van der Waals surface area contributed by atoms with E-state index in [1.54, 1.807) is 0 Å². The Morgan fingerprint density at radius 3 is 3.12 bits per heavy atom. The average Bonchev–Trinajstić information content (AvgIpc) is 2.19. The first kappa shape index (κ1) is 6.11. The molecule has 0 aliphatic carbocycles. The third kappa shape index (κ3) is 1.49. The SMILES string of the molecule is BrCCC1C=CNO1. The van der Waals surface area contributed by atoms with Crippen molar-refractivity contribution in [3.05, 3.63) is 12.3 Å². The molecule has 0 saturated carbocycles. The largest absolute Gasteiger partial charge is 0.274 e. The highest BCUT2D eigenvalue weighted by Crippen LogP contribution is 2.04. The Morgan fingerprint density at radius 1 is 1.75 bits per heavy atom. The molecule has 2 nitrogen and oxygen atoms in total. The van der Waals surface area contributed by atoms with Crippen LogP contribution in [0.2, 0.25) is 0 Å². The van der Waals surface area contributed by atoms with E-state index in [1.165, 1.54) is 0 Å². The van der Waals surface area contributed by atoms with Gasteiger partial charge in [0, 0.05) is 11.5 Å². The van der Waals surface area contributed by atoms with Gasteiger partial charge in [0.25, 0.3) is 0 Å². The van der Waals surface area contributed by atoms with Crippen molar-refractivity contribution in [2.24, 2.45) is 0 Å². The summed E-state index contributed by atoms with van der Waals surface area (Å²) < 4.78 is 0. The second-order valence-electron chi connectivity index (χ2n) is 1.61. The van der Waals surface area contributed by atoms with E-state index >= 15 is 0 Å². The van der Waals surface area contributed by atoms with Crippen molar-refractivity contribution < 1.29 is 4.84 Å². The Morgan fingerprint density at radius 2 is 2.62 bits per heavy atom. The molecule has 1 N–H and O–H groups in total. The van der Waals surface area contributed by atoms with Gasteiger partial charge in [0.1, 0.15) is 6.10 Å². The van der Waals surface area contributed by atoms with E-state index in [1.807, 2.05) is 12.3 Å². The molecule has 0 amide bonds. The van der Waals surface area contributed by atoms with Crippen molar-refractivity contribution in [1.29, 1.82) is 0 Å². The molecule has 1 aliphatic rings. The summed E-state index contributed by atoms with van der Waals surface area (Å²) >= 11 is 3.32. The van der Waals surface area contributed by atoms with Crippen molar-refractivity contribution in [1.82, 2.24) is 5.48 Å². The molecular weight excluding hydrogens is 170 g/mol. The lowest BCUT2D eigenvalue weighted by Crippen LogP contribution is -2.10. The molecule has 46 valence electrons. The van der Waals surface area contributed by atoms with E-state index in [4.69, 9.17) is 4.84 Å². The molecule has 0 bridgehead atoms. The Kier molecular flexibility index (Phi) is 2.36. The van der Waals surface area contributed by atoms with Crippen molar-refractivity contribution in [2.75, 3.05) is 5.33 Å². The first-order valence-corrected chi connectivity index (χ1v) is 3.69. The standard InChI is InChI=1S/C5H8BrNO/c6-3-1-5-2-4-7-8-5/h2,4-5,7H,1,3H2. The molecule has 1 aliphatic heterocycles. The molecule has 1 atom stereocenters. The van der Waals surface area contributed by atoms with Crippen LogP contribution in [-0.4, -0.2) is 11.4 Å². The van der Waals surface area contributed by atoms with Crippen LogP contribution in [0.3, 0.4) is 0 Å². The van der Waals surface area contributed by atoms with Gasteiger partial charge in [-0.1, -0.05) is 15.9 Å². The lowest BCUT2D eigenvalue weighted by molar-refractivity contribution is 0.0465. The predicted molar refractivity (Wildman–Crippen MR) is 35.6 cm³/mol. The highest BCUT2D eigenvalue weighted by molar-refractivity contribution is 9.09. The minimum Gasteiger partial charge on any atom is -0.274 e. The smallest absolute Gasteiger partial charge is 0.106 e. The lowest BCUT2D eigenvalue weighted by atomic mass is 10.3. The van der Waals surface area contributed by atoms with E-state index in [0.29, 0.717) is 0 Å². The van der Waals surface area contributed by atoms with Crippen molar-refractivity contribution >= 4 is 15.9 Å². The van der Waals surface area contributed by atoms with Crippen molar-refractivity contribution in [3.8, 4) is 0 Å². The molecule has 0 aromatic rings. The van der Waals surface area contributed by atoms with Gasteiger partial charge in [0.05, 0.1) is 0 Å². The highest BCUT2D eigenvalue weighted by Gasteiger charge is 2.06. The van der Waals surface area contributed by atoms with Gasteiger partial charge >= 0.3 is 0 Å². The van der Waals surface area contributed by atoms with Crippen LogP contribution in [0.25, 0.3) is 0 Å². The minimum absolute atomic E-state index is 0.273. The van der Waals surface area contributed by atoms with Crippen molar-refractivity contribution in [3.63, 3.8) is 0 Å². The molecule has 0 fully saturated rings. The molecule has 0 saturated heterocycles. The van der Waals surface area contributed by atoms with E-state index in [2.05, 4.69) is 21.4 Å². The summed E-state index contributed by atoms with van der Waals surface area (Å²) in [6.07, 6.45) is 5.12. The van der Waals surface area contributed by atoms with Crippen LogP contribution in [0.15, 0.2) is 12.3 Å². The fraction of sp³-hybridized carbons (Fsp3) is 0.600. The summed E-state index contributed by atoms with van der Waals surface area (Å²) in [5.74, 6) is 0. The van der Waals surface area contributed by atoms with Crippen LogP contribution in [0.5, 0.6) is 0 Å². The topological polar surface area (TPSA) is 21.3 Å². The molecule has 0 aromatic heterocycles. The maximum absolute atomic E-state index is 5.00. The minimum atomic E-state index is 0.273. The van der Waals surface area contributed by atoms with Gasteiger partial charge in [-0.15, -0.1) is 0 Å². The van der Waals surface area contributed by atoms with Crippen LogP contribution in [0.1, 0.15) is 6.42 Å². The van der Waals surface area contributed by atoms with Crippen LogP contribution < -0.4 is 5.48 Å². The van der Waals surface area contributed by atoms with Crippen molar-refractivity contribution in [2.45, 2.75) is 12.5 Å². The number of nitrogens with one attached hydrogen (secondary N) is 1. The summed E-state index contributed by atoms with van der Waals surface area (Å²) in [7, 11) is 0. The van der Waals surface area contributed by atoms with E-state index in [9.17, 15) is 0 Å². The number of alkyl halides is 1. The monoisotopic (exact) mass is 177 g/mol.